The first-order valence-electron chi connectivity index (χ1n) is 8.22. The van der Waals surface area contributed by atoms with Crippen molar-refractivity contribution in [2.24, 2.45) is 5.73 Å². The Kier molecular flexibility index (Phi) is 5.11. The minimum absolute atomic E-state index is 0.171. The lowest BCUT2D eigenvalue weighted by atomic mass is 10.0. The van der Waals surface area contributed by atoms with Crippen molar-refractivity contribution >= 4 is 17.5 Å². The smallest absolute Gasteiger partial charge is 0.255 e. The van der Waals surface area contributed by atoms with E-state index < -0.39 is 6.10 Å². The van der Waals surface area contributed by atoms with Gasteiger partial charge in [0.2, 0.25) is 0 Å². The van der Waals surface area contributed by atoms with Crippen LogP contribution in [0.5, 0.6) is 0 Å². The van der Waals surface area contributed by atoms with Crippen molar-refractivity contribution < 1.29 is 14.7 Å². The third-order valence-corrected chi connectivity index (χ3v) is 4.17. The zero-order chi connectivity index (χ0) is 17.8. The van der Waals surface area contributed by atoms with Gasteiger partial charge in [0.05, 0.1) is 6.10 Å². The highest BCUT2D eigenvalue weighted by Crippen LogP contribution is 2.16. The second kappa shape index (κ2) is 7.46. The lowest BCUT2D eigenvalue weighted by Gasteiger charge is -2.34. The molecule has 2 amide bonds. The molecule has 2 aromatic rings. The minimum Gasteiger partial charge on any atom is -0.391 e. The zero-order valence-electron chi connectivity index (χ0n) is 13.8. The maximum atomic E-state index is 12.5. The molecule has 4 N–H and O–H groups in total. The summed E-state index contributed by atoms with van der Waals surface area (Å²) in [7, 11) is 0. The fraction of sp³-hybridized carbons (Fsp3) is 0.263. The van der Waals surface area contributed by atoms with Crippen LogP contribution < -0.4 is 11.1 Å². The number of aliphatic hydroxyl groups is 1. The summed E-state index contributed by atoms with van der Waals surface area (Å²) in [5.41, 5.74) is 7.54. The Morgan fingerprint density at radius 2 is 1.68 bits per heavy atom. The molecule has 1 heterocycles. The third-order valence-electron chi connectivity index (χ3n) is 4.17. The number of nitrogens with two attached hydrogens (primary N) is 1. The van der Waals surface area contributed by atoms with Gasteiger partial charge in [-0.15, -0.1) is 0 Å². The normalized spacial score (nSPS) is 20.2. The van der Waals surface area contributed by atoms with Crippen molar-refractivity contribution in [2.45, 2.75) is 18.6 Å². The van der Waals surface area contributed by atoms with Crippen molar-refractivity contribution in [1.29, 1.82) is 0 Å². The Hall–Kier alpha value is -2.70. The number of amides is 2. The molecule has 2 atom stereocenters. The first-order chi connectivity index (χ1) is 12.0. The number of anilines is 1. The Morgan fingerprint density at radius 1 is 1.00 bits per heavy atom. The van der Waals surface area contributed by atoms with Gasteiger partial charge in [0, 0.05) is 35.9 Å². The Morgan fingerprint density at radius 3 is 2.32 bits per heavy atom. The van der Waals surface area contributed by atoms with Crippen molar-refractivity contribution in [1.82, 2.24) is 4.90 Å². The SMILES string of the molecule is NC1CC(O)CN(C(=O)c2ccc(NC(=O)c3ccccc3)cc2)C1. The van der Waals surface area contributed by atoms with Crippen LogP contribution in [-0.2, 0) is 0 Å². The fourth-order valence-electron chi connectivity index (χ4n) is 2.95. The van der Waals surface area contributed by atoms with E-state index in [4.69, 9.17) is 5.73 Å². The van der Waals surface area contributed by atoms with Crippen LogP contribution in [-0.4, -0.2) is 47.1 Å². The largest absolute Gasteiger partial charge is 0.391 e. The number of hydrogen-bond acceptors (Lipinski definition) is 4. The average Bonchev–Trinajstić information content (AvgIpc) is 2.61. The number of likely N-dealkylation sites (tertiary alicyclic amines) is 1. The molecule has 2 unspecified atom stereocenters. The molecule has 0 aliphatic carbocycles. The number of nitrogens with one attached hydrogen (secondary N) is 1. The lowest BCUT2D eigenvalue weighted by molar-refractivity contribution is 0.0423. The summed E-state index contributed by atoms with van der Waals surface area (Å²) in [4.78, 5) is 26.2. The molecule has 25 heavy (non-hydrogen) atoms. The molecular formula is C19H21N3O3. The molecule has 1 aliphatic rings. The minimum atomic E-state index is -0.586. The zero-order valence-corrected chi connectivity index (χ0v) is 13.8. The second-order valence-electron chi connectivity index (χ2n) is 6.26. The Balaban J connectivity index is 1.66. The quantitative estimate of drug-likeness (QED) is 0.789. The summed E-state index contributed by atoms with van der Waals surface area (Å²) in [6.07, 6.45) is -0.0778. The van der Waals surface area contributed by atoms with E-state index in [1.807, 2.05) is 6.07 Å². The molecule has 0 spiro atoms. The van der Waals surface area contributed by atoms with E-state index >= 15 is 0 Å². The van der Waals surface area contributed by atoms with Crippen LogP contribution in [0.1, 0.15) is 27.1 Å². The highest BCUT2D eigenvalue weighted by molar-refractivity contribution is 6.04. The van der Waals surface area contributed by atoms with E-state index in [1.54, 1.807) is 53.4 Å². The van der Waals surface area contributed by atoms with E-state index in [2.05, 4.69) is 5.32 Å². The summed E-state index contributed by atoms with van der Waals surface area (Å²) < 4.78 is 0. The first-order valence-corrected chi connectivity index (χ1v) is 8.22. The number of carbonyl (C=O) groups excluding carboxylic acids is 2. The summed E-state index contributed by atoms with van der Waals surface area (Å²) in [6.45, 7) is 0.724. The van der Waals surface area contributed by atoms with Crippen LogP contribution in [0.15, 0.2) is 54.6 Å². The van der Waals surface area contributed by atoms with E-state index in [0.717, 1.165) is 0 Å². The van der Waals surface area contributed by atoms with Crippen molar-refractivity contribution in [2.75, 3.05) is 18.4 Å². The van der Waals surface area contributed by atoms with Crippen LogP contribution in [0.3, 0.4) is 0 Å². The van der Waals surface area contributed by atoms with Crippen molar-refractivity contribution in [3.8, 4) is 0 Å². The molecule has 0 saturated carbocycles. The van der Waals surface area contributed by atoms with Gasteiger partial charge in [-0.05, 0) is 42.8 Å². The number of aliphatic hydroxyl groups excluding tert-OH is 1. The molecule has 6 nitrogen and oxygen atoms in total. The van der Waals surface area contributed by atoms with Gasteiger partial charge in [0.1, 0.15) is 0 Å². The van der Waals surface area contributed by atoms with Crippen LogP contribution in [0.25, 0.3) is 0 Å². The molecule has 1 saturated heterocycles. The van der Waals surface area contributed by atoms with Gasteiger partial charge in [-0.2, -0.15) is 0 Å². The fourth-order valence-corrected chi connectivity index (χ4v) is 2.95. The Bertz CT molecular complexity index is 736. The number of carbonyl (C=O) groups is 2. The summed E-state index contributed by atoms with van der Waals surface area (Å²) in [5.74, 6) is -0.375. The number of rotatable bonds is 3. The predicted molar refractivity (Wildman–Crippen MR) is 95.3 cm³/mol. The summed E-state index contributed by atoms with van der Waals surface area (Å²) >= 11 is 0. The van der Waals surface area contributed by atoms with Gasteiger partial charge in [-0.25, -0.2) is 0 Å². The third kappa shape index (κ3) is 4.23. The van der Waals surface area contributed by atoms with Gasteiger partial charge >= 0.3 is 0 Å². The number of piperidine rings is 1. The first kappa shape index (κ1) is 17.1. The molecule has 1 aliphatic heterocycles. The predicted octanol–water partition coefficient (Wildman–Crippen LogP) is 1.47. The highest BCUT2D eigenvalue weighted by atomic mass is 16.3. The van der Waals surface area contributed by atoms with E-state index in [0.29, 0.717) is 36.3 Å². The van der Waals surface area contributed by atoms with Crippen molar-refractivity contribution in [3.63, 3.8) is 0 Å². The average molecular weight is 339 g/mol. The maximum absolute atomic E-state index is 12.5. The number of β-amino-alcohol motifs (C(OH)–C–C–N with tert-alkyl or cyclic N) is 1. The van der Waals surface area contributed by atoms with E-state index in [1.165, 1.54) is 0 Å². The van der Waals surface area contributed by atoms with Crippen LogP contribution >= 0.6 is 0 Å². The van der Waals surface area contributed by atoms with E-state index in [9.17, 15) is 14.7 Å². The van der Waals surface area contributed by atoms with Gasteiger partial charge < -0.3 is 21.1 Å². The van der Waals surface area contributed by atoms with Crippen LogP contribution in [0, 0.1) is 0 Å². The van der Waals surface area contributed by atoms with Crippen molar-refractivity contribution in [3.05, 3.63) is 65.7 Å². The number of nitrogens with zero attached hydrogens (tertiary/aromatic N) is 1. The van der Waals surface area contributed by atoms with Crippen LogP contribution in [0.4, 0.5) is 5.69 Å². The molecule has 6 heteroatoms. The standard InChI is InChI=1S/C19H21N3O3/c20-15-10-17(23)12-22(11-15)19(25)14-6-8-16(9-7-14)21-18(24)13-4-2-1-3-5-13/h1-9,15,17,23H,10-12,20H2,(H,21,24). The monoisotopic (exact) mass is 339 g/mol. The van der Waals surface area contributed by atoms with Gasteiger partial charge in [0.15, 0.2) is 0 Å². The summed E-state index contributed by atoms with van der Waals surface area (Å²) in [5, 5.41) is 12.6. The van der Waals surface area contributed by atoms with Gasteiger partial charge in [-0.1, -0.05) is 18.2 Å². The number of hydrogen-bond donors (Lipinski definition) is 3. The van der Waals surface area contributed by atoms with Crippen LogP contribution in [0.2, 0.25) is 0 Å². The summed E-state index contributed by atoms with van der Waals surface area (Å²) in [6, 6.07) is 15.4. The molecular weight excluding hydrogens is 318 g/mol. The molecule has 0 radical (unpaired) electrons. The second-order valence-corrected chi connectivity index (χ2v) is 6.26. The van der Waals surface area contributed by atoms with Gasteiger partial charge in [-0.3, -0.25) is 9.59 Å². The lowest BCUT2D eigenvalue weighted by Crippen LogP contribution is -2.51. The maximum Gasteiger partial charge on any atom is 0.255 e. The highest BCUT2D eigenvalue weighted by Gasteiger charge is 2.27. The topological polar surface area (TPSA) is 95.7 Å². The molecule has 0 aromatic heterocycles. The Labute approximate surface area is 146 Å². The number of benzene rings is 2. The molecule has 3 rings (SSSR count). The van der Waals surface area contributed by atoms with Gasteiger partial charge in [0.25, 0.3) is 11.8 Å². The molecule has 1 fully saturated rings. The molecule has 2 aromatic carbocycles. The molecule has 0 bridgehead atoms. The van der Waals surface area contributed by atoms with E-state index in [-0.39, 0.29) is 17.9 Å². The molecule has 130 valence electrons.